The van der Waals surface area contributed by atoms with Crippen molar-refractivity contribution in [2.24, 2.45) is 5.41 Å². The molecule has 0 radical (unpaired) electrons. The highest BCUT2D eigenvalue weighted by Gasteiger charge is 2.28. The molecule has 3 rings (SSSR count). The minimum absolute atomic E-state index is 0.445. The second kappa shape index (κ2) is 4.50. The van der Waals surface area contributed by atoms with E-state index in [1.54, 1.807) is 0 Å². The molecule has 18 heavy (non-hydrogen) atoms. The maximum atomic E-state index is 4.06. The lowest BCUT2D eigenvalue weighted by molar-refractivity contribution is 0.358. The van der Waals surface area contributed by atoms with E-state index in [4.69, 9.17) is 0 Å². The molecule has 1 aliphatic heterocycles. The number of thioether (sulfide) groups is 1. The average molecular weight is 261 g/mol. The normalized spacial score (nSPS) is 23.1. The molecular formula is C14H19N3S. The SMILES string of the molecule is CC1(C)CSCC(Nc2ccc3[nH]ncc3c2)C1. The summed E-state index contributed by atoms with van der Waals surface area (Å²) >= 11 is 2.05. The molecule has 2 aromatic rings. The summed E-state index contributed by atoms with van der Waals surface area (Å²) in [5, 5.41) is 11.9. The Morgan fingerprint density at radius 3 is 3.17 bits per heavy atom. The summed E-state index contributed by atoms with van der Waals surface area (Å²) in [5.41, 5.74) is 2.74. The van der Waals surface area contributed by atoms with E-state index in [0.29, 0.717) is 11.5 Å². The molecule has 0 spiro atoms. The van der Waals surface area contributed by atoms with E-state index in [9.17, 15) is 0 Å². The molecule has 0 saturated carbocycles. The Hall–Kier alpha value is -1.16. The molecule has 3 nitrogen and oxygen atoms in total. The first-order chi connectivity index (χ1) is 8.62. The smallest absolute Gasteiger partial charge is 0.0651 e. The number of nitrogens with zero attached hydrogens (tertiary/aromatic N) is 1. The van der Waals surface area contributed by atoms with Gasteiger partial charge >= 0.3 is 0 Å². The Balaban J connectivity index is 1.75. The lowest BCUT2D eigenvalue weighted by atomic mass is 9.88. The molecule has 1 aromatic heterocycles. The van der Waals surface area contributed by atoms with Crippen LogP contribution in [0.1, 0.15) is 20.3 Å². The third-order valence-corrected chi connectivity index (χ3v) is 5.05. The quantitative estimate of drug-likeness (QED) is 0.869. The van der Waals surface area contributed by atoms with Crippen LogP contribution in [0.2, 0.25) is 0 Å². The fourth-order valence-corrected chi connectivity index (χ4v) is 3.90. The number of aromatic nitrogens is 2. The van der Waals surface area contributed by atoms with Crippen molar-refractivity contribution in [3.8, 4) is 0 Å². The van der Waals surface area contributed by atoms with Gasteiger partial charge in [0.25, 0.3) is 0 Å². The van der Waals surface area contributed by atoms with Crippen molar-refractivity contribution in [2.45, 2.75) is 26.3 Å². The van der Waals surface area contributed by atoms with Crippen molar-refractivity contribution < 1.29 is 0 Å². The van der Waals surface area contributed by atoms with Crippen molar-refractivity contribution in [3.63, 3.8) is 0 Å². The fraction of sp³-hybridized carbons (Fsp3) is 0.500. The van der Waals surface area contributed by atoms with Gasteiger partial charge in [-0.25, -0.2) is 0 Å². The van der Waals surface area contributed by atoms with E-state index in [2.05, 4.69) is 59.3 Å². The van der Waals surface area contributed by atoms with E-state index < -0.39 is 0 Å². The molecule has 4 heteroatoms. The van der Waals surface area contributed by atoms with Gasteiger partial charge in [0.1, 0.15) is 0 Å². The van der Waals surface area contributed by atoms with Crippen LogP contribution in [0.25, 0.3) is 10.9 Å². The number of fused-ring (bicyclic) bond motifs is 1. The Morgan fingerprint density at radius 1 is 1.44 bits per heavy atom. The van der Waals surface area contributed by atoms with Gasteiger partial charge in [-0.15, -0.1) is 0 Å². The molecule has 2 heterocycles. The van der Waals surface area contributed by atoms with Crippen LogP contribution in [0.5, 0.6) is 0 Å². The standard InChI is InChI=1S/C14H19N3S/c1-14(2)6-12(8-18-9-14)16-11-3-4-13-10(5-11)7-15-17-13/h3-5,7,12,16H,6,8-9H2,1-2H3,(H,15,17). The molecule has 0 aliphatic carbocycles. The highest BCUT2D eigenvalue weighted by molar-refractivity contribution is 7.99. The van der Waals surface area contributed by atoms with Crippen LogP contribution in [0.15, 0.2) is 24.4 Å². The van der Waals surface area contributed by atoms with Gasteiger partial charge in [-0.3, -0.25) is 5.10 Å². The van der Waals surface area contributed by atoms with Gasteiger partial charge in [0.15, 0.2) is 0 Å². The van der Waals surface area contributed by atoms with Crippen LogP contribution in [0.4, 0.5) is 5.69 Å². The molecule has 1 aliphatic rings. The Morgan fingerprint density at radius 2 is 2.33 bits per heavy atom. The topological polar surface area (TPSA) is 40.7 Å². The number of hydrogen-bond donors (Lipinski definition) is 2. The van der Waals surface area contributed by atoms with Crippen LogP contribution in [0, 0.1) is 5.41 Å². The summed E-state index contributed by atoms with van der Waals surface area (Å²) in [7, 11) is 0. The van der Waals surface area contributed by atoms with E-state index in [-0.39, 0.29) is 0 Å². The fourth-order valence-electron chi connectivity index (χ4n) is 2.62. The van der Waals surface area contributed by atoms with Crippen LogP contribution >= 0.6 is 11.8 Å². The summed E-state index contributed by atoms with van der Waals surface area (Å²) in [4.78, 5) is 0. The number of anilines is 1. The number of rotatable bonds is 2. The van der Waals surface area contributed by atoms with Gasteiger partial charge in [-0.2, -0.15) is 16.9 Å². The molecule has 1 unspecified atom stereocenters. The number of H-pyrrole nitrogens is 1. The zero-order chi connectivity index (χ0) is 12.6. The van der Waals surface area contributed by atoms with Gasteiger partial charge in [-0.05, 0) is 35.8 Å². The van der Waals surface area contributed by atoms with Crippen LogP contribution in [-0.2, 0) is 0 Å². The zero-order valence-corrected chi connectivity index (χ0v) is 11.7. The van der Waals surface area contributed by atoms with Crippen LogP contribution in [-0.4, -0.2) is 27.7 Å². The largest absolute Gasteiger partial charge is 0.381 e. The molecule has 1 saturated heterocycles. The summed E-state index contributed by atoms with van der Waals surface area (Å²) in [6.07, 6.45) is 3.11. The summed E-state index contributed by atoms with van der Waals surface area (Å²) in [6, 6.07) is 6.96. The average Bonchev–Trinajstić information content (AvgIpc) is 2.74. The van der Waals surface area contributed by atoms with Crippen molar-refractivity contribution >= 4 is 28.4 Å². The predicted octanol–water partition coefficient (Wildman–Crippen LogP) is 3.51. The first-order valence-electron chi connectivity index (χ1n) is 6.40. The Labute approximate surface area is 112 Å². The number of nitrogens with one attached hydrogen (secondary N) is 2. The van der Waals surface area contributed by atoms with Gasteiger partial charge in [0, 0.05) is 22.9 Å². The van der Waals surface area contributed by atoms with Gasteiger partial charge < -0.3 is 5.32 Å². The van der Waals surface area contributed by atoms with Crippen molar-refractivity contribution in [1.29, 1.82) is 0 Å². The zero-order valence-electron chi connectivity index (χ0n) is 10.9. The summed E-state index contributed by atoms with van der Waals surface area (Å²) in [5.74, 6) is 2.47. The summed E-state index contributed by atoms with van der Waals surface area (Å²) < 4.78 is 0. The number of hydrogen-bond acceptors (Lipinski definition) is 3. The van der Waals surface area contributed by atoms with Gasteiger partial charge in [-0.1, -0.05) is 13.8 Å². The van der Waals surface area contributed by atoms with Crippen molar-refractivity contribution in [3.05, 3.63) is 24.4 Å². The minimum Gasteiger partial charge on any atom is -0.381 e. The second-order valence-corrected chi connectivity index (χ2v) is 6.93. The van der Waals surface area contributed by atoms with E-state index in [0.717, 1.165) is 5.52 Å². The van der Waals surface area contributed by atoms with E-state index in [1.165, 1.54) is 29.0 Å². The third-order valence-electron chi connectivity index (χ3n) is 3.42. The lowest BCUT2D eigenvalue weighted by Gasteiger charge is -2.35. The van der Waals surface area contributed by atoms with Crippen LogP contribution < -0.4 is 5.32 Å². The Bertz CT molecular complexity index is 547. The number of aromatic amines is 1. The molecule has 1 aromatic carbocycles. The maximum Gasteiger partial charge on any atom is 0.0651 e. The van der Waals surface area contributed by atoms with Crippen LogP contribution in [0.3, 0.4) is 0 Å². The Kier molecular flexibility index (Phi) is 2.98. The monoisotopic (exact) mass is 261 g/mol. The molecule has 0 bridgehead atoms. The molecule has 0 amide bonds. The molecule has 1 fully saturated rings. The van der Waals surface area contributed by atoms with Crippen molar-refractivity contribution in [2.75, 3.05) is 16.8 Å². The maximum absolute atomic E-state index is 4.06. The molecule has 2 N–H and O–H groups in total. The molecule has 96 valence electrons. The van der Waals surface area contributed by atoms with E-state index >= 15 is 0 Å². The van der Waals surface area contributed by atoms with Gasteiger partial charge in [0.05, 0.1) is 11.7 Å². The third kappa shape index (κ3) is 2.48. The first kappa shape index (κ1) is 11.9. The second-order valence-electron chi connectivity index (χ2n) is 5.90. The highest BCUT2D eigenvalue weighted by atomic mass is 32.2. The summed E-state index contributed by atoms with van der Waals surface area (Å²) in [6.45, 7) is 4.71. The predicted molar refractivity (Wildman–Crippen MR) is 79.2 cm³/mol. The highest BCUT2D eigenvalue weighted by Crippen LogP contribution is 2.34. The minimum atomic E-state index is 0.445. The first-order valence-corrected chi connectivity index (χ1v) is 7.55. The number of benzene rings is 1. The van der Waals surface area contributed by atoms with E-state index in [1.807, 2.05) is 6.20 Å². The van der Waals surface area contributed by atoms with Gasteiger partial charge in [0.2, 0.25) is 0 Å². The lowest BCUT2D eigenvalue weighted by Crippen LogP contribution is -2.35. The molecular weight excluding hydrogens is 242 g/mol. The van der Waals surface area contributed by atoms with Crippen molar-refractivity contribution in [1.82, 2.24) is 10.2 Å². The molecule has 1 atom stereocenters.